The monoisotopic (exact) mass is 245 g/mol. The quantitative estimate of drug-likeness (QED) is 0.843. The Morgan fingerprint density at radius 3 is 2.94 bits per heavy atom. The molecule has 2 aromatic heterocycles. The zero-order valence-electron chi connectivity index (χ0n) is 10.2. The highest BCUT2D eigenvalue weighted by Crippen LogP contribution is 2.09. The van der Waals surface area contributed by atoms with Crippen molar-refractivity contribution >= 4 is 5.91 Å². The first kappa shape index (κ1) is 12.2. The number of carbonyl (C=O) groups is 1. The molecular formula is C12H15N5O. The van der Waals surface area contributed by atoms with Gasteiger partial charge in [-0.1, -0.05) is 13.3 Å². The number of aryl methyl sites for hydroxylation is 1. The topological polar surface area (TPSA) is 86.7 Å². The fourth-order valence-corrected chi connectivity index (χ4v) is 1.74. The van der Waals surface area contributed by atoms with Crippen LogP contribution in [0.4, 0.5) is 0 Å². The number of nitrogens with zero attached hydrogens (tertiary/aromatic N) is 4. The molecule has 1 amide bonds. The lowest BCUT2D eigenvalue weighted by molar-refractivity contribution is 0.0995. The molecule has 6 heteroatoms. The molecule has 0 unspecified atom stereocenters. The lowest BCUT2D eigenvalue weighted by Gasteiger charge is -2.05. The summed E-state index contributed by atoms with van der Waals surface area (Å²) >= 11 is 0. The molecule has 0 aliphatic carbocycles. The van der Waals surface area contributed by atoms with Gasteiger partial charge in [0.1, 0.15) is 5.69 Å². The average molecular weight is 245 g/mol. The Balaban J connectivity index is 2.28. The maximum Gasteiger partial charge on any atom is 0.269 e. The number of amides is 1. The molecule has 2 heterocycles. The van der Waals surface area contributed by atoms with Crippen LogP contribution in [0.5, 0.6) is 0 Å². The Morgan fingerprint density at radius 1 is 1.50 bits per heavy atom. The Morgan fingerprint density at radius 2 is 2.33 bits per heavy atom. The standard InChI is InChI=1S/C12H15N5O/c1-2-4-10-7-11(12(13)18)16-17(10)8-9-5-3-6-14-15-9/h3,5-7H,2,4,8H2,1H3,(H2,13,18). The van der Waals surface area contributed by atoms with Crippen LogP contribution in [0.3, 0.4) is 0 Å². The number of primary amides is 1. The van der Waals surface area contributed by atoms with E-state index in [-0.39, 0.29) is 0 Å². The van der Waals surface area contributed by atoms with E-state index in [0.717, 1.165) is 24.2 Å². The van der Waals surface area contributed by atoms with Gasteiger partial charge >= 0.3 is 0 Å². The first-order chi connectivity index (χ1) is 8.70. The van der Waals surface area contributed by atoms with Crippen LogP contribution in [-0.4, -0.2) is 25.9 Å². The summed E-state index contributed by atoms with van der Waals surface area (Å²) < 4.78 is 1.76. The van der Waals surface area contributed by atoms with Crippen molar-refractivity contribution < 1.29 is 4.79 Å². The molecule has 0 radical (unpaired) electrons. The van der Waals surface area contributed by atoms with E-state index in [2.05, 4.69) is 22.2 Å². The highest BCUT2D eigenvalue weighted by atomic mass is 16.1. The molecule has 0 spiro atoms. The van der Waals surface area contributed by atoms with Crippen molar-refractivity contribution in [3.8, 4) is 0 Å². The summed E-state index contributed by atoms with van der Waals surface area (Å²) in [6, 6.07) is 5.43. The van der Waals surface area contributed by atoms with Crippen molar-refractivity contribution in [1.29, 1.82) is 0 Å². The first-order valence-corrected chi connectivity index (χ1v) is 5.83. The molecule has 2 aromatic rings. The van der Waals surface area contributed by atoms with Crippen molar-refractivity contribution in [1.82, 2.24) is 20.0 Å². The van der Waals surface area contributed by atoms with Gasteiger partial charge in [-0.05, 0) is 24.6 Å². The zero-order valence-corrected chi connectivity index (χ0v) is 10.2. The molecule has 0 saturated carbocycles. The SMILES string of the molecule is CCCc1cc(C(N)=O)nn1Cc1cccnn1. The number of hydrogen-bond acceptors (Lipinski definition) is 4. The Labute approximate surface area is 105 Å². The fraction of sp³-hybridized carbons (Fsp3) is 0.333. The molecule has 2 N–H and O–H groups in total. The number of carbonyl (C=O) groups excluding carboxylic acids is 1. The maximum absolute atomic E-state index is 11.1. The Kier molecular flexibility index (Phi) is 3.66. The van der Waals surface area contributed by atoms with Gasteiger partial charge in [0.25, 0.3) is 5.91 Å². The second-order valence-electron chi connectivity index (χ2n) is 4.01. The highest BCUT2D eigenvalue weighted by Gasteiger charge is 2.11. The van der Waals surface area contributed by atoms with Crippen LogP contribution < -0.4 is 5.73 Å². The third-order valence-corrected chi connectivity index (χ3v) is 2.56. The van der Waals surface area contributed by atoms with Gasteiger partial charge < -0.3 is 5.73 Å². The molecule has 94 valence electrons. The minimum absolute atomic E-state index is 0.294. The van der Waals surface area contributed by atoms with E-state index in [1.807, 2.05) is 12.1 Å². The third kappa shape index (κ3) is 2.71. The van der Waals surface area contributed by atoms with Crippen LogP contribution in [0.15, 0.2) is 24.4 Å². The molecule has 0 fully saturated rings. The van der Waals surface area contributed by atoms with E-state index in [0.29, 0.717) is 12.2 Å². The molecule has 2 rings (SSSR count). The summed E-state index contributed by atoms with van der Waals surface area (Å²) in [6.45, 7) is 2.57. The van der Waals surface area contributed by atoms with Gasteiger partial charge in [-0.2, -0.15) is 15.3 Å². The van der Waals surface area contributed by atoms with Crippen molar-refractivity contribution in [2.75, 3.05) is 0 Å². The van der Waals surface area contributed by atoms with E-state index in [1.54, 1.807) is 16.9 Å². The minimum Gasteiger partial charge on any atom is -0.364 e. The molecular weight excluding hydrogens is 230 g/mol. The summed E-state index contributed by atoms with van der Waals surface area (Å²) in [4.78, 5) is 11.1. The van der Waals surface area contributed by atoms with Gasteiger partial charge in [-0.15, -0.1) is 0 Å². The largest absolute Gasteiger partial charge is 0.364 e. The van der Waals surface area contributed by atoms with Crippen LogP contribution >= 0.6 is 0 Å². The molecule has 18 heavy (non-hydrogen) atoms. The predicted molar refractivity (Wildman–Crippen MR) is 65.9 cm³/mol. The summed E-state index contributed by atoms with van der Waals surface area (Å²) in [6.07, 6.45) is 3.44. The zero-order chi connectivity index (χ0) is 13.0. The molecule has 0 aliphatic rings. The summed E-state index contributed by atoms with van der Waals surface area (Å²) in [5.41, 5.74) is 7.32. The van der Waals surface area contributed by atoms with Crippen LogP contribution in [0.1, 0.15) is 35.2 Å². The normalized spacial score (nSPS) is 10.5. The molecule has 0 atom stereocenters. The average Bonchev–Trinajstić information content (AvgIpc) is 2.75. The minimum atomic E-state index is -0.509. The number of aromatic nitrogens is 4. The van der Waals surface area contributed by atoms with Crippen molar-refractivity contribution in [3.05, 3.63) is 41.5 Å². The molecule has 0 aromatic carbocycles. The second kappa shape index (κ2) is 5.39. The lowest BCUT2D eigenvalue weighted by atomic mass is 10.2. The third-order valence-electron chi connectivity index (χ3n) is 2.56. The van der Waals surface area contributed by atoms with Gasteiger partial charge in [0.05, 0.1) is 12.2 Å². The molecule has 0 saturated heterocycles. The van der Waals surface area contributed by atoms with Crippen molar-refractivity contribution in [2.24, 2.45) is 5.73 Å². The Hall–Kier alpha value is -2.24. The van der Waals surface area contributed by atoms with Crippen molar-refractivity contribution in [3.63, 3.8) is 0 Å². The fourth-order valence-electron chi connectivity index (χ4n) is 1.74. The van der Waals surface area contributed by atoms with Crippen molar-refractivity contribution in [2.45, 2.75) is 26.3 Å². The summed E-state index contributed by atoms with van der Waals surface area (Å²) in [5.74, 6) is -0.509. The number of rotatable bonds is 5. The second-order valence-corrected chi connectivity index (χ2v) is 4.01. The smallest absolute Gasteiger partial charge is 0.269 e. The number of hydrogen-bond donors (Lipinski definition) is 1. The van der Waals surface area contributed by atoms with Crippen LogP contribution in [-0.2, 0) is 13.0 Å². The van der Waals surface area contributed by atoms with E-state index >= 15 is 0 Å². The highest BCUT2D eigenvalue weighted by molar-refractivity contribution is 5.90. The summed E-state index contributed by atoms with van der Waals surface area (Å²) in [7, 11) is 0. The predicted octanol–water partition coefficient (Wildman–Crippen LogP) is 0.773. The van der Waals surface area contributed by atoms with E-state index in [1.165, 1.54) is 0 Å². The van der Waals surface area contributed by atoms with Crippen LogP contribution in [0.25, 0.3) is 0 Å². The van der Waals surface area contributed by atoms with Gasteiger partial charge in [0.15, 0.2) is 0 Å². The number of nitrogens with two attached hydrogens (primary N) is 1. The lowest BCUT2D eigenvalue weighted by Crippen LogP contribution is -2.13. The molecule has 6 nitrogen and oxygen atoms in total. The molecule has 0 bridgehead atoms. The Bertz CT molecular complexity index is 535. The maximum atomic E-state index is 11.1. The first-order valence-electron chi connectivity index (χ1n) is 5.83. The van der Waals surface area contributed by atoms with Gasteiger partial charge in [0.2, 0.25) is 0 Å². The van der Waals surface area contributed by atoms with E-state index < -0.39 is 5.91 Å². The van der Waals surface area contributed by atoms with Crippen LogP contribution in [0.2, 0.25) is 0 Å². The van der Waals surface area contributed by atoms with E-state index in [4.69, 9.17) is 5.73 Å². The van der Waals surface area contributed by atoms with Gasteiger partial charge in [-0.25, -0.2) is 0 Å². The van der Waals surface area contributed by atoms with Gasteiger partial charge in [-0.3, -0.25) is 9.48 Å². The molecule has 0 aliphatic heterocycles. The van der Waals surface area contributed by atoms with Crippen LogP contribution in [0, 0.1) is 0 Å². The summed E-state index contributed by atoms with van der Waals surface area (Å²) in [5, 5.41) is 12.0. The van der Waals surface area contributed by atoms with Gasteiger partial charge in [0, 0.05) is 11.9 Å². The van der Waals surface area contributed by atoms with E-state index in [9.17, 15) is 4.79 Å².